The van der Waals surface area contributed by atoms with E-state index >= 15 is 0 Å². The van der Waals surface area contributed by atoms with Crippen molar-refractivity contribution in [2.24, 2.45) is 0 Å². The summed E-state index contributed by atoms with van der Waals surface area (Å²) in [5.41, 5.74) is 4.44. The van der Waals surface area contributed by atoms with E-state index in [1.807, 2.05) is 12.4 Å². The molecule has 0 unspecified atom stereocenters. The van der Waals surface area contributed by atoms with Crippen LogP contribution in [0.3, 0.4) is 0 Å². The van der Waals surface area contributed by atoms with Crippen LogP contribution in [0.1, 0.15) is 17.4 Å². The normalized spacial score (nSPS) is 16.5. The maximum Gasteiger partial charge on any atom is 0.184 e. The van der Waals surface area contributed by atoms with Crippen molar-refractivity contribution in [3.63, 3.8) is 0 Å². The second-order valence-corrected chi connectivity index (χ2v) is 4.15. The molecule has 2 aromatic rings. The summed E-state index contributed by atoms with van der Waals surface area (Å²) >= 11 is 0. The van der Waals surface area contributed by atoms with Crippen LogP contribution < -0.4 is 0 Å². The number of nitrogens with one attached hydrogen (secondary N) is 1. The van der Waals surface area contributed by atoms with E-state index in [-0.39, 0.29) is 6.29 Å². The molecule has 2 heterocycles. The molecule has 4 nitrogen and oxygen atoms in total. The van der Waals surface area contributed by atoms with E-state index < -0.39 is 0 Å². The van der Waals surface area contributed by atoms with Gasteiger partial charge in [0, 0.05) is 17.3 Å². The van der Waals surface area contributed by atoms with E-state index in [1.54, 1.807) is 0 Å². The van der Waals surface area contributed by atoms with Gasteiger partial charge in [0.05, 0.1) is 19.4 Å². The van der Waals surface area contributed by atoms with Crippen molar-refractivity contribution >= 4 is 0 Å². The monoisotopic (exact) mass is 230 g/mol. The highest BCUT2D eigenvalue weighted by molar-refractivity contribution is 5.66. The van der Waals surface area contributed by atoms with Crippen molar-refractivity contribution in [2.45, 2.75) is 13.2 Å². The third kappa shape index (κ3) is 1.97. The lowest BCUT2D eigenvalue weighted by atomic mass is 10.00. The van der Waals surface area contributed by atoms with Crippen LogP contribution in [-0.2, 0) is 9.47 Å². The minimum absolute atomic E-state index is 0.250. The Kier molecular flexibility index (Phi) is 2.66. The molecule has 0 atom stereocenters. The number of aromatic amines is 1. The molecule has 1 aromatic carbocycles. The molecule has 0 bridgehead atoms. The van der Waals surface area contributed by atoms with Gasteiger partial charge in [0.25, 0.3) is 0 Å². The number of ether oxygens (including phenoxy) is 2. The Labute approximate surface area is 99.6 Å². The maximum atomic E-state index is 5.58. The van der Waals surface area contributed by atoms with Crippen LogP contribution in [-0.4, -0.2) is 23.4 Å². The summed E-state index contributed by atoms with van der Waals surface area (Å²) in [6, 6.07) is 6.28. The lowest BCUT2D eigenvalue weighted by molar-refractivity contribution is -0.0437. The largest absolute Gasteiger partial charge is 0.346 e. The summed E-state index contributed by atoms with van der Waals surface area (Å²) < 4.78 is 11.2. The van der Waals surface area contributed by atoms with Gasteiger partial charge in [-0.05, 0) is 12.5 Å². The van der Waals surface area contributed by atoms with Gasteiger partial charge in [-0.3, -0.25) is 5.10 Å². The van der Waals surface area contributed by atoms with Gasteiger partial charge in [0.15, 0.2) is 6.29 Å². The third-order valence-electron chi connectivity index (χ3n) is 2.89. The molecule has 3 rings (SSSR count). The highest BCUT2D eigenvalue weighted by Gasteiger charge is 2.22. The standard InChI is InChI=1S/C13H14N2O2/c1-9-2-3-11(10-7-14-15-8-10)12(6-9)13-16-4-5-17-13/h2-3,6-8,13H,4-5H2,1H3,(H,14,15). The van der Waals surface area contributed by atoms with Crippen LogP contribution in [0.2, 0.25) is 0 Å². The Bertz CT molecular complexity index is 502. The first-order valence-corrected chi connectivity index (χ1v) is 5.67. The molecule has 1 aliphatic heterocycles. The highest BCUT2D eigenvalue weighted by Crippen LogP contribution is 2.33. The Morgan fingerprint density at radius 2 is 2.12 bits per heavy atom. The van der Waals surface area contributed by atoms with Gasteiger partial charge in [-0.2, -0.15) is 5.10 Å². The summed E-state index contributed by atoms with van der Waals surface area (Å²) in [6.45, 7) is 3.38. The zero-order valence-corrected chi connectivity index (χ0v) is 9.64. The number of rotatable bonds is 2. The van der Waals surface area contributed by atoms with E-state index in [0.29, 0.717) is 13.2 Å². The maximum absolute atomic E-state index is 5.58. The van der Waals surface area contributed by atoms with Crippen LogP contribution in [0.25, 0.3) is 11.1 Å². The lowest BCUT2D eigenvalue weighted by Crippen LogP contribution is -2.01. The molecular weight excluding hydrogens is 216 g/mol. The third-order valence-corrected chi connectivity index (χ3v) is 2.89. The number of hydrogen-bond acceptors (Lipinski definition) is 3. The number of H-pyrrole nitrogens is 1. The van der Waals surface area contributed by atoms with Crippen LogP contribution in [0, 0.1) is 6.92 Å². The van der Waals surface area contributed by atoms with Crippen molar-refractivity contribution in [1.29, 1.82) is 0 Å². The van der Waals surface area contributed by atoms with Crippen LogP contribution in [0.4, 0.5) is 0 Å². The highest BCUT2D eigenvalue weighted by atomic mass is 16.7. The fourth-order valence-electron chi connectivity index (χ4n) is 2.08. The predicted octanol–water partition coefficient (Wildman–Crippen LogP) is 2.43. The molecule has 0 spiro atoms. The fraction of sp³-hybridized carbons (Fsp3) is 0.308. The smallest absolute Gasteiger partial charge is 0.184 e. The SMILES string of the molecule is Cc1ccc(-c2cn[nH]c2)c(C2OCCO2)c1. The number of aromatic nitrogens is 2. The van der Waals surface area contributed by atoms with E-state index in [0.717, 1.165) is 16.7 Å². The Morgan fingerprint density at radius 1 is 1.29 bits per heavy atom. The molecule has 1 saturated heterocycles. The Morgan fingerprint density at radius 3 is 2.82 bits per heavy atom. The minimum Gasteiger partial charge on any atom is -0.346 e. The van der Waals surface area contributed by atoms with E-state index in [2.05, 4.69) is 35.3 Å². The summed E-state index contributed by atoms with van der Waals surface area (Å²) in [6.07, 6.45) is 3.44. The molecule has 0 radical (unpaired) electrons. The zero-order valence-electron chi connectivity index (χ0n) is 9.64. The average Bonchev–Trinajstić information content (AvgIpc) is 3.02. The Balaban J connectivity index is 2.07. The van der Waals surface area contributed by atoms with Gasteiger partial charge in [-0.15, -0.1) is 0 Å². The zero-order chi connectivity index (χ0) is 11.7. The molecule has 0 aliphatic carbocycles. The van der Waals surface area contributed by atoms with Crippen molar-refractivity contribution < 1.29 is 9.47 Å². The van der Waals surface area contributed by atoms with Crippen LogP contribution in [0.5, 0.6) is 0 Å². The van der Waals surface area contributed by atoms with E-state index in [4.69, 9.17) is 9.47 Å². The lowest BCUT2D eigenvalue weighted by Gasteiger charge is -2.14. The second kappa shape index (κ2) is 4.31. The van der Waals surface area contributed by atoms with Gasteiger partial charge >= 0.3 is 0 Å². The fourth-order valence-corrected chi connectivity index (χ4v) is 2.08. The Hall–Kier alpha value is -1.65. The summed E-state index contributed by atoms with van der Waals surface area (Å²) in [7, 11) is 0. The number of nitrogens with zero attached hydrogens (tertiary/aromatic N) is 1. The quantitative estimate of drug-likeness (QED) is 0.861. The average molecular weight is 230 g/mol. The van der Waals surface area contributed by atoms with E-state index in [9.17, 15) is 0 Å². The van der Waals surface area contributed by atoms with Crippen molar-refractivity contribution in [1.82, 2.24) is 10.2 Å². The first-order chi connectivity index (χ1) is 8.34. The first-order valence-electron chi connectivity index (χ1n) is 5.67. The summed E-state index contributed by atoms with van der Waals surface area (Å²) in [4.78, 5) is 0. The number of aryl methyl sites for hydroxylation is 1. The molecule has 1 aliphatic rings. The molecule has 1 N–H and O–H groups in total. The van der Waals surface area contributed by atoms with E-state index in [1.165, 1.54) is 5.56 Å². The second-order valence-electron chi connectivity index (χ2n) is 4.15. The van der Waals surface area contributed by atoms with Gasteiger partial charge in [-0.1, -0.05) is 23.8 Å². The van der Waals surface area contributed by atoms with Gasteiger partial charge in [0.1, 0.15) is 0 Å². The van der Waals surface area contributed by atoms with Crippen LogP contribution in [0.15, 0.2) is 30.6 Å². The van der Waals surface area contributed by atoms with Gasteiger partial charge < -0.3 is 9.47 Å². The number of hydrogen-bond donors (Lipinski definition) is 1. The summed E-state index contributed by atoms with van der Waals surface area (Å²) in [5.74, 6) is 0. The molecule has 88 valence electrons. The molecule has 1 aromatic heterocycles. The molecule has 4 heteroatoms. The molecule has 17 heavy (non-hydrogen) atoms. The topological polar surface area (TPSA) is 47.1 Å². The van der Waals surface area contributed by atoms with Crippen molar-refractivity contribution in [3.05, 3.63) is 41.7 Å². The van der Waals surface area contributed by atoms with Crippen molar-refractivity contribution in [3.8, 4) is 11.1 Å². The molecule has 0 saturated carbocycles. The minimum atomic E-state index is -0.250. The van der Waals surface area contributed by atoms with Crippen LogP contribution >= 0.6 is 0 Å². The number of benzene rings is 1. The first kappa shape index (κ1) is 10.5. The molecule has 1 fully saturated rings. The van der Waals surface area contributed by atoms with Crippen molar-refractivity contribution in [2.75, 3.05) is 13.2 Å². The summed E-state index contributed by atoms with van der Waals surface area (Å²) in [5, 5.41) is 6.81. The predicted molar refractivity (Wildman–Crippen MR) is 63.4 cm³/mol. The molecule has 0 amide bonds. The van der Waals surface area contributed by atoms with Gasteiger partial charge in [0.2, 0.25) is 0 Å². The molecular formula is C13H14N2O2. The van der Waals surface area contributed by atoms with Gasteiger partial charge in [-0.25, -0.2) is 0 Å².